The number of nitrogens with zero attached hydrogens (tertiary/aromatic N) is 1. The number of aryl methyl sites for hydroxylation is 1. The molecule has 1 atom stereocenters. The van der Waals surface area contributed by atoms with Gasteiger partial charge in [-0.05, 0) is 55.5 Å². The first kappa shape index (κ1) is 14.9. The lowest BCUT2D eigenvalue weighted by Crippen LogP contribution is -2.34. The van der Waals surface area contributed by atoms with Crippen molar-refractivity contribution in [1.82, 2.24) is 5.32 Å². The van der Waals surface area contributed by atoms with Crippen LogP contribution in [0.1, 0.15) is 29.5 Å². The van der Waals surface area contributed by atoms with Crippen molar-refractivity contribution in [2.75, 3.05) is 5.32 Å². The summed E-state index contributed by atoms with van der Waals surface area (Å²) in [5.41, 5.74) is 4.52. The van der Waals surface area contributed by atoms with Gasteiger partial charge in [0.2, 0.25) is 0 Å². The number of rotatable bonds is 3. The summed E-state index contributed by atoms with van der Waals surface area (Å²) in [5, 5.41) is 6.83. The van der Waals surface area contributed by atoms with E-state index >= 15 is 0 Å². The lowest BCUT2D eigenvalue weighted by molar-refractivity contribution is 0.626. The predicted molar refractivity (Wildman–Crippen MR) is 96.4 cm³/mol. The van der Waals surface area contributed by atoms with E-state index in [1.807, 2.05) is 25.1 Å². The van der Waals surface area contributed by atoms with Crippen LogP contribution in [0.2, 0.25) is 0 Å². The zero-order valence-electron chi connectivity index (χ0n) is 13.6. The Labute approximate surface area is 141 Å². The molecule has 1 fully saturated rings. The highest BCUT2D eigenvalue weighted by Gasteiger charge is 2.34. The Morgan fingerprint density at radius 2 is 2.04 bits per heavy atom. The van der Waals surface area contributed by atoms with E-state index < -0.39 is 0 Å². The molecule has 1 saturated carbocycles. The van der Waals surface area contributed by atoms with Gasteiger partial charge in [0, 0.05) is 22.5 Å². The van der Waals surface area contributed by atoms with Gasteiger partial charge < -0.3 is 10.6 Å². The van der Waals surface area contributed by atoms with Crippen molar-refractivity contribution in [1.29, 1.82) is 0 Å². The number of nitrogens with one attached hydrogen (secondary N) is 2. The number of benzene rings is 2. The third kappa shape index (κ3) is 2.80. The second kappa shape index (κ2) is 5.78. The molecule has 0 radical (unpaired) electrons. The summed E-state index contributed by atoms with van der Waals surface area (Å²) in [6.07, 6.45) is 2.52. The Bertz CT molecular complexity index is 837. The van der Waals surface area contributed by atoms with E-state index in [0.717, 1.165) is 28.2 Å². The van der Waals surface area contributed by atoms with Gasteiger partial charge in [0.25, 0.3) is 0 Å². The first-order valence-electron chi connectivity index (χ1n) is 8.28. The first-order valence-corrected chi connectivity index (χ1v) is 8.28. The molecule has 1 aliphatic heterocycles. The normalized spacial score (nSPS) is 19.1. The van der Waals surface area contributed by atoms with Crippen molar-refractivity contribution in [3.63, 3.8) is 0 Å². The average molecular weight is 321 g/mol. The van der Waals surface area contributed by atoms with Gasteiger partial charge in [-0.3, -0.25) is 0 Å². The molecule has 2 N–H and O–H groups in total. The quantitative estimate of drug-likeness (QED) is 0.884. The highest BCUT2D eigenvalue weighted by molar-refractivity contribution is 6.08. The smallest absolute Gasteiger partial charge is 0.137 e. The van der Waals surface area contributed by atoms with Crippen molar-refractivity contribution in [2.24, 2.45) is 10.9 Å². The van der Waals surface area contributed by atoms with Crippen molar-refractivity contribution in [2.45, 2.75) is 25.9 Å². The van der Waals surface area contributed by atoms with E-state index in [-0.39, 0.29) is 12.0 Å². The minimum atomic E-state index is -0.262. The van der Waals surface area contributed by atoms with Crippen LogP contribution in [0.4, 0.5) is 10.1 Å². The number of para-hydroxylation sites is 1. The lowest BCUT2D eigenvalue weighted by atomic mass is 10.0. The molecular weight excluding hydrogens is 301 g/mol. The SMILES string of the molecule is C=C(NC1=NC(C2CC2)Nc2ccccc21)c1cc(F)ccc1C. The standard InChI is InChI=1S/C20H20FN3/c1-12-7-10-15(21)11-17(12)13(2)22-20-16-5-3-4-6-18(16)23-19(24-20)14-8-9-14/h3-7,10-11,14,19,23H,2,8-9H2,1H3,(H,22,24). The fourth-order valence-corrected chi connectivity index (χ4v) is 3.08. The van der Waals surface area contributed by atoms with Crippen LogP contribution in [0.3, 0.4) is 0 Å². The van der Waals surface area contributed by atoms with Crippen LogP contribution in [0.15, 0.2) is 54.0 Å². The Balaban J connectivity index is 1.66. The number of amidine groups is 1. The second-order valence-electron chi connectivity index (χ2n) is 6.51. The second-order valence-corrected chi connectivity index (χ2v) is 6.51. The summed E-state index contributed by atoms with van der Waals surface area (Å²) in [7, 11) is 0. The molecule has 2 aliphatic rings. The van der Waals surface area contributed by atoms with Crippen LogP contribution in [0.25, 0.3) is 5.70 Å². The molecule has 0 spiro atoms. The van der Waals surface area contributed by atoms with Crippen LogP contribution in [0.5, 0.6) is 0 Å². The summed E-state index contributed by atoms with van der Waals surface area (Å²) in [4.78, 5) is 4.84. The number of anilines is 1. The topological polar surface area (TPSA) is 36.4 Å². The van der Waals surface area contributed by atoms with Gasteiger partial charge in [-0.1, -0.05) is 24.8 Å². The van der Waals surface area contributed by atoms with Gasteiger partial charge in [-0.25, -0.2) is 9.38 Å². The zero-order chi connectivity index (χ0) is 16.7. The number of fused-ring (bicyclic) bond motifs is 1. The van der Waals surface area contributed by atoms with Crippen LogP contribution >= 0.6 is 0 Å². The van der Waals surface area contributed by atoms with Crippen LogP contribution < -0.4 is 10.6 Å². The van der Waals surface area contributed by atoms with Crippen LogP contribution in [0, 0.1) is 18.7 Å². The van der Waals surface area contributed by atoms with E-state index in [0.29, 0.717) is 11.6 Å². The average Bonchev–Trinajstić information content (AvgIpc) is 3.42. The monoisotopic (exact) mass is 321 g/mol. The first-order chi connectivity index (χ1) is 11.6. The Morgan fingerprint density at radius 3 is 2.83 bits per heavy atom. The molecule has 2 aromatic rings. The Hall–Kier alpha value is -2.62. The summed E-state index contributed by atoms with van der Waals surface area (Å²) < 4.78 is 13.6. The summed E-state index contributed by atoms with van der Waals surface area (Å²) in [6.45, 7) is 6.05. The number of halogens is 1. The van der Waals surface area contributed by atoms with E-state index in [2.05, 4.69) is 23.3 Å². The third-order valence-corrected chi connectivity index (χ3v) is 4.62. The van der Waals surface area contributed by atoms with Gasteiger partial charge in [0.05, 0.1) is 0 Å². The molecule has 0 saturated heterocycles. The fourth-order valence-electron chi connectivity index (χ4n) is 3.08. The maximum Gasteiger partial charge on any atom is 0.137 e. The van der Waals surface area contributed by atoms with Crippen molar-refractivity contribution < 1.29 is 4.39 Å². The minimum Gasteiger partial charge on any atom is -0.363 e. The van der Waals surface area contributed by atoms with E-state index in [4.69, 9.17) is 4.99 Å². The van der Waals surface area contributed by atoms with Gasteiger partial charge in [-0.15, -0.1) is 0 Å². The fraction of sp³-hybridized carbons (Fsp3) is 0.250. The molecule has 122 valence electrons. The van der Waals surface area contributed by atoms with Gasteiger partial charge in [0.15, 0.2) is 0 Å². The van der Waals surface area contributed by atoms with Gasteiger partial charge in [-0.2, -0.15) is 0 Å². The van der Waals surface area contributed by atoms with E-state index in [1.165, 1.54) is 25.0 Å². The molecule has 4 rings (SSSR count). The Morgan fingerprint density at radius 1 is 1.25 bits per heavy atom. The molecule has 24 heavy (non-hydrogen) atoms. The summed E-state index contributed by atoms with van der Waals surface area (Å²) in [6, 6.07) is 12.8. The maximum absolute atomic E-state index is 13.6. The molecule has 1 unspecified atom stereocenters. The maximum atomic E-state index is 13.6. The molecule has 0 amide bonds. The Kier molecular flexibility index (Phi) is 3.60. The molecule has 1 heterocycles. The number of aliphatic imine (C=N–C) groups is 1. The molecule has 2 aromatic carbocycles. The largest absolute Gasteiger partial charge is 0.363 e. The molecule has 1 aliphatic carbocycles. The summed E-state index contributed by atoms with van der Waals surface area (Å²) in [5.74, 6) is 1.14. The molecule has 4 heteroatoms. The van der Waals surface area contributed by atoms with Gasteiger partial charge >= 0.3 is 0 Å². The van der Waals surface area contributed by atoms with Crippen LogP contribution in [-0.4, -0.2) is 12.0 Å². The van der Waals surface area contributed by atoms with Crippen molar-refractivity contribution in [3.8, 4) is 0 Å². The van der Waals surface area contributed by atoms with E-state index in [1.54, 1.807) is 6.07 Å². The third-order valence-electron chi connectivity index (χ3n) is 4.62. The van der Waals surface area contributed by atoms with Gasteiger partial charge in [0.1, 0.15) is 17.8 Å². The van der Waals surface area contributed by atoms with Crippen molar-refractivity contribution in [3.05, 3.63) is 71.6 Å². The highest BCUT2D eigenvalue weighted by Crippen LogP contribution is 2.37. The molecular formula is C20H20FN3. The highest BCUT2D eigenvalue weighted by atomic mass is 19.1. The van der Waals surface area contributed by atoms with Crippen molar-refractivity contribution >= 4 is 17.2 Å². The minimum absolute atomic E-state index is 0.101. The summed E-state index contributed by atoms with van der Waals surface area (Å²) >= 11 is 0. The lowest BCUT2D eigenvalue weighted by Gasteiger charge is -2.26. The van der Waals surface area contributed by atoms with Crippen LogP contribution in [-0.2, 0) is 0 Å². The molecule has 0 aromatic heterocycles. The number of hydrogen-bond donors (Lipinski definition) is 2. The predicted octanol–water partition coefficient (Wildman–Crippen LogP) is 4.30. The molecule has 0 bridgehead atoms. The van der Waals surface area contributed by atoms with E-state index in [9.17, 15) is 4.39 Å². The molecule has 3 nitrogen and oxygen atoms in total. The number of hydrogen-bond acceptors (Lipinski definition) is 3. The zero-order valence-corrected chi connectivity index (χ0v) is 13.6.